The summed E-state index contributed by atoms with van der Waals surface area (Å²) < 4.78 is 4.84. The van der Waals surface area contributed by atoms with Crippen molar-refractivity contribution < 1.29 is 23.9 Å². The van der Waals surface area contributed by atoms with Crippen LogP contribution in [0.15, 0.2) is 0 Å². The molecule has 9 nitrogen and oxygen atoms in total. The van der Waals surface area contributed by atoms with E-state index < -0.39 is 35.5 Å². The Kier molecular flexibility index (Phi) is 6.12. The number of nitrogens with one attached hydrogen (secondary N) is 1. The second-order valence-electron chi connectivity index (χ2n) is 6.75. The first-order chi connectivity index (χ1) is 11.8. The normalized spacial score (nSPS) is 23.2. The topological polar surface area (TPSA) is 145 Å². The maximum atomic E-state index is 12.3. The van der Waals surface area contributed by atoms with E-state index in [0.29, 0.717) is 32.2 Å². The average Bonchev–Trinajstić information content (AvgIpc) is 3.23. The number of amides is 2. The maximum Gasteiger partial charge on any atom is 0.336 e. The Labute approximate surface area is 146 Å². The quantitative estimate of drug-likeness (QED) is 0.414. The zero-order valence-corrected chi connectivity index (χ0v) is 14.5. The average molecular weight is 354 g/mol. The number of carbonyl (C=O) groups excluding carboxylic acids is 4. The lowest BCUT2D eigenvalue weighted by Gasteiger charge is -2.25. The molecule has 0 unspecified atom stereocenters. The van der Waals surface area contributed by atoms with E-state index in [1.165, 1.54) is 11.8 Å². The molecular weight excluding hydrogens is 328 g/mol. The van der Waals surface area contributed by atoms with E-state index in [1.807, 2.05) is 0 Å². The highest BCUT2D eigenvalue weighted by Crippen LogP contribution is 2.28. The number of nitrogens with two attached hydrogens (primary N) is 2. The first-order valence-corrected chi connectivity index (χ1v) is 8.63. The lowest BCUT2D eigenvalue weighted by molar-refractivity contribution is -0.165. The first-order valence-electron chi connectivity index (χ1n) is 8.63. The van der Waals surface area contributed by atoms with Gasteiger partial charge in [0, 0.05) is 6.54 Å². The molecule has 9 heteroatoms. The van der Waals surface area contributed by atoms with Crippen LogP contribution in [0, 0.1) is 0 Å². The van der Waals surface area contributed by atoms with Gasteiger partial charge in [0.2, 0.25) is 11.8 Å². The highest BCUT2D eigenvalue weighted by atomic mass is 16.6. The van der Waals surface area contributed by atoms with Gasteiger partial charge < -0.3 is 26.4 Å². The summed E-state index contributed by atoms with van der Waals surface area (Å²) in [6.07, 6.45) is 3.80. The standard InChI is InChI=1S/C16H26N4O5/c1-10(14(23)25-15(24)16(18)6-2-3-7-16)19-13(22)11-5-4-8-20(11)12(21)9-17/h10-11H,2-9,17-18H2,1H3,(H,19,22)/t10-,11-/m0/s1. The smallest absolute Gasteiger partial charge is 0.336 e. The van der Waals surface area contributed by atoms with Crippen molar-refractivity contribution in [2.24, 2.45) is 11.5 Å². The van der Waals surface area contributed by atoms with Crippen LogP contribution < -0.4 is 16.8 Å². The van der Waals surface area contributed by atoms with Crippen molar-refractivity contribution in [1.82, 2.24) is 10.2 Å². The predicted molar refractivity (Wildman–Crippen MR) is 87.9 cm³/mol. The summed E-state index contributed by atoms with van der Waals surface area (Å²) in [4.78, 5) is 49.6. The third kappa shape index (κ3) is 4.35. The van der Waals surface area contributed by atoms with Gasteiger partial charge >= 0.3 is 11.9 Å². The van der Waals surface area contributed by atoms with Crippen molar-refractivity contribution in [1.29, 1.82) is 0 Å². The summed E-state index contributed by atoms with van der Waals surface area (Å²) in [6.45, 7) is 1.71. The van der Waals surface area contributed by atoms with Crippen molar-refractivity contribution >= 4 is 23.8 Å². The van der Waals surface area contributed by atoms with Gasteiger partial charge in [-0.1, -0.05) is 12.8 Å². The Morgan fingerprint density at radius 2 is 1.88 bits per heavy atom. The van der Waals surface area contributed by atoms with E-state index in [4.69, 9.17) is 16.2 Å². The molecule has 2 amide bonds. The van der Waals surface area contributed by atoms with Crippen LogP contribution in [0.3, 0.4) is 0 Å². The Bertz CT molecular complexity index is 559. The molecule has 0 aromatic carbocycles. The minimum atomic E-state index is -1.12. The number of carbonyl (C=O) groups is 4. The van der Waals surface area contributed by atoms with E-state index in [-0.39, 0.29) is 12.5 Å². The highest BCUT2D eigenvalue weighted by Gasteiger charge is 2.41. The summed E-state index contributed by atoms with van der Waals surface area (Å²) in [5.74, 6) is -2.38. The van der Waals surface area contributed by atoms with Crippen LogP contribution in [0.2, 0.25) is 0 Å². The van der Waals surface area contributed by atoms with Crippen LogP contribution >= 0.6 is 0 Å². The Balaban J connectivity index is 1.88. The molecule has 2 rings (SSSR count). The monoisotopic (exact) mass is 354 g/mol. The van der Waals surface area contributed by atoms with Crippen molar-refractivity contribution in [2.45, 2.75) is 63.1 Å². The molecule has 140 valence electrons. The van der Waals surface area contributed by atoms with Crippen molar-refractivity contribution in [2.75, 3.05) is 13.1 Å². The molecule has 1 saturated heterocycles. The van der Waals surface area contributed by atoms with Gasteiger partial charge in [0.15, 0.2) is 0 Å². The number of rotatable bonds is 5. The van der Waals surface area contributed by atoms with Crippen molar-refractivity contribution in [3.63, 3.8) is 0 Å². The molecule has 0 radical (unpaired) electrons. The maximum absolute atomic E-state index is 12.3. The Morgan fingerprint density at radius 3 is 2.48 bits per heavy atom. The lowest BCUT2D eigenvalue weighted by Crippen LogP contribution is -2.53. The fourth-order valence-corrected chi connectivity index (χ4v) is 3.31. The van der Waals surface area contributed by atoms with Crippen LogP contribution in [-0.4, -0.2) is 59.4 Å². The summed E-state index contributed by atoms with van der Waals surface area (Å²) in [5, 5.41) is 2.50. The van der Waals surface area contributed by atoms with Crippen LogP contribution in [0.25, 0.3) is 0 Å². The van der Waals surface area contributed by atoms with Gasteiger partial charge in [0.25, 0.3) is 0 Å². The third-order valence-electron chi connectivity index (χ3n) is 4.86. The zero-order valence-electron chi connectivity index (χ0n) is 14.5. The second-order valence-corrected chi connectivity index (χ2v) is 6.75. The van der Waals surface area contributed by atoms with E-state index in [9.17, 15) is 19.2 Å². The molecule has 0 aromatic heterocycles. The Morgan fingerprint density at radius 1 is 1.24 bits per heavy atom. The predicted octanol–water partition coefficient (Wildman–Crippen LogP) is -1.22. The molecule has 2 atom stereocenters. The highest BCUT2D eigenvalue weighted by molar-refractivity contribution is 5.96. The van der Waals surface area contributed by atoms with Crippen LogP contribution in [-0.2, 0) is 23.9 Å². The van der Waals surface area contributed by atoms with E-state index >= 15 is 0 Å². The van der Waals surface area contributed by atoms with Gasteiger partial charge in [-0.3, -0.25) is 9.59 Å². The summed E-state index contributed by atoms with van der Waals surface area (Å²) in [5.41, 5.74) is 10.2. The van der Waals surface area contributed by atoms with Gasteiger partial charge in [-0.15, -0.1) is 0 Å². The second kappa shape index (κ2) is 7.92. The molecule has 1 saturated carbocycles. The fraction of sp³-hybridized carbons (Fsp3) is 0.750. The van der Waals surface area contributed by atoms with E-state index in [2.05, 4.69) is 5.32 Å². The third-order valence-corrected chi connectivity index (χ3v) is 4.86. The summed E-state index contributed by atoms with van der Waals surface area (Å²) in [7, 11) is 0. The molecule has 1 aliphatic heterocycles. The first kappa shape index (κ1) is 19.3. The molecule has 1 heterocycles. The molecule has 5 N–H and O–H groups in total. The number of hydrogen-bond donors (Lipinski definition) is 3. The Hall–Kier alpha value is -2.00. The molecule has 25 heavy (non-hydrogen) atoms. The summed E-state index contributed by atoms with van der Waals surface area (Å²) in [6, 6.07) is -1.67. The van der Waals surface area contributed by atoms with Crippen molar-refractivity contribution in [3.05, 3.63) is 0 Å². The van der Waals surface area contributed by atoms with Crippen LogP contribution in [0.1, 0.15) is 45.4 Å². The molecule has 0 aromatic rings. The van der Waals surface area contributed by atoms with Crippen LogP contribution in [0.5, 0.6) is 0 Å². The number of hydrogen-bond acceptors (Lipinski definition) is 7. The molecule has 1 aliphatic carbocycles. The van der Waals surface area contributed by atoms with E-state index in [1.54, 1.807) is 0 Å². The van der Waals surface area contributed by atoms with Crippen LogP contribution in [0.4, 0.5) is 0 Å². The SMILES string of the molecule is C[C@H](NC(=O)[C@@H]1CCCN1C(=O)CN)C(=O)OC(=O)C1(N)CCCC1. The van der Waals surface area contributed by atoms with Gasteiger partial charge in [-0.25, -0.2) is 9.59 Å². The minimum Gasteiger partial charge on any atom is -0.390 e. The van der Waals surface area contributed by atoms with Gasteiger partial charge in [-0.05, 0) is 32.6 Å². The fourth-order valence-electron chi connectivity index (χ4n) is 3.31. The van der Waals surface area contributed by atoms with Crippen molar-refractivity contribution in [3.8, 4) is 0 Å². The van der Waals surface area contributed by atoms with E-state index in [0.717, 1.165) is 12.8 Å². The minimum absolute atomic E-state index is 0.172. The molecular formula is C16H26N4O5. The number of esters is 2. The summed E-state index contributed by atoms with van der Waals surface area (Å²) >= 11 is 0. The molecule has 0 bridgehead atoms. The molecule has 0 spiro atoms. The molecule has 2 aliphatic rings. The number of ether oxygens (including phenoxy) is 1. The number of nitrogens with zero attached hydrogens (tertiary/aromatic N) is 1. The molecule has 2 fully saturated rings. The number of likely N-dealkylation sites (tertiary alicyclic amines) is 1. The zero-order chi connectivity index (χ0) is 18.6. The lowest BCUT2D eigenvalue weighted by atomic mass is 10.00. The van der Waals surface area contributed by atoms with Gasteiger partial charge in [-0.2, -0.15) is 0 Å². The van der Waals surface area contributed by atoms with Gasteiger partial charge in [0.1, 0.15) is 17.6 Å². The largest absolute Gasteiger partial charge is 0.390 e. The van der Waals surface area contributed by atoms with Gasteiger partial charge in [0.05, 0.1) is 6.54 Å².